The molecule has 0 aliphatic rings. The maximum absolute atomic E-state index is 4.59. The zero-order valence-electron chi connectivity index (χ0n) is 8.90. The Morgan fingerprint density at radius 1 is 1.13 bits per heavy atom. The maximum Gasteiger partial charge on any atom is 0.143 e. The molecule has 0 saturated heterocycles. The van der Waals surface area contributed by atoms with Gasteiger partial charge in [0.15, 0.2) is 0 Å². The Balaban J connectivity index is 2.43. The molecule has 3 nitrogen and oxygen atoms in total. The van der Waals surface area contributed by atoms with E-state index >= 15 is 0 Å². The summed E-state index contributed by atoms with van der Waals surface area (Å²) in [5.41, 5.74) is 3.07. The van der Waals surface area contributed by atoms with Crippen molar-refractivity contribution in [3.8, 4) is 10.7 Å². The largest absolute Gasteiger partial charge is 0.257 e. The molecule has 2 rings (SSSR count). The molecule has 0 fully saturated rings. The first-order valence-electron chi connectivity index (χ1n) is 5.09. The predicted octanol–water partition coefficient (Wildman–Crippen LogP) is 2.72. The first-order valence-corrected chi connectivity index (χ1v) is 5.97. The van der Waals surface area contributed by atoms with E-state index in [1.807, 2.05) is 11.6 Å². The first kappa shape index (κ1) is 10.2. The van der Waals surface area contributed by atoms with E-state index in [9.17, 15) is 0 Å². The highest BCUT2D eigenvalue weighted by molar-refractivity contribution is 7.13. The van der Waals surface area contributed by atoms with Gasteiger partial charge in [0.2, 0.25) is 0 Å². The van der Waals surface area contributed by atoms with E-state index in [-0.39, 0.29) is 0 Å². The molecular weight excluding hydrogens is 206 g/mol. The normalized spacial score (nSPS) is 10.5. The summed E-state index contributed by atoms with van der Waals surface area (Å²) in [7, 11) is 0. The second-order valence-corrected chi connectivity index (χ2v) is 4.09. The standard InChI is InChI=1S/C11H13N3S/c1-3-8-9(4-2)14-10(7-13-8)11-12-5-6-15-11/h5-7H,3-4H2,1-2H3. The Morgan fingerprint density at radius 3 is 2.53 bits per heavy atom. The summed E-state index contributed by atoms with van der Waals surface area (Å²) in [6, 6.07) is 0. The van der Waals surface area contributed by atoms with Crippen LogP contribution in [0.2, 0.25) is 0 Å². The third-order valence-corrected chi connectivity index (χ3v) is 3.05. The van der Waals surface area contributed by atoms with E-state index in [1.165, 1.54) is 0 Å². The summed E-state index contributed by atoms with van der Waals surface area (Å²) in [6.07, 6.45) is 5.47. The van der Waals surface area contributed by atoms with Gasteiger partial charge in [0.25, 0.3) is 0 Å². The average Bonchev–Trinajstić information content (AvgIpc) is 2.81. The molecule has 78 valence electrons. The topological polar surface area (TPSA) is 38.7 Å². The molecule has 2 aromatic heterocycles. The van der Waals surface area contributed by atoms with E-state index in [4.69, 9.17) is 0 Å². The molecule has 0 unspecified atom stereocenters. The fourth-order valence-corrected chi connectivity index (χ4v) is 2.08. The van der Waals surface area contributed by atoms with Gasteiger partial charge in [-0.2, -0.15) is 0 Å². The molecule has 0 aromatic carbocycles. The lowest BCUT2D eigenvalue weighted by molar-refractivity contribution is 0.907. The quantitative estimate of drug-likeness (QED) is 0.796. The minimum absolute atomic E-state index is 0.888. The predicted molar refractivity (Wildman–Crippen MR) is 61.9 cm³/mol. The lowest BCUT2D eigenvalue weighted by atomic mass is 10.2. The molecule has 0 spiro atoms. The van der Waals surface area contributed by atoms with Crippen LogP contribution >= 0.6 is 11.3 Å². The first-order chi connectivity index (χ1) is 7.35. The van der Waals surface area contributed by atoms with E-state index in [2.05, 4.69) is 28.8 Å². The highest BCUT2D eigenvalue weighted by Gasteiger charge is 2.07. The summed E-state index contributed by atoms with van der Waals surface area (Å²) in [5.74, 6) is 0. The smallest absolute Gasteiger partial charge is 0.143 e. The number of aryl methyl sites for hydroxylation is 2. The summed E-state index contributed by atoms with van der Waals surface area (Å²) in [6.45, 7) is 4.21. The highest BCUT2D eigenvalue weighted by atomic mass is 32.1. The van der Waals surface area contributed by atoms with Gasteiger partial charge in [-0.1, -0.05) is 13.8 Å². The number of aromatic nitrogens is 3. The molecule has 0 aliphatic heterocycles. The van der Waals surface area contributed by atoms with Gasteiger partial charge in [-0.25, -0.2) is 9.97 Å². The second kappa shape index (κ2) is 4.49. The van der Waals surface area contributed by atoms with Gasteiger partial charge in [-0.3, -0.25) is 4.98 Å². The number of thiazole rings is 1. The molecule has 4 heteroatoms. The van der Waals surface area contributed by atoms with Crippen molar-refractivity contribution >= 4 is 11.3 Å². The van der Waals surface area contributed by atoms with Crippen LogP contribution in [0, 0.1) is 0 Å². The number of rotatable bonds is 3. The molecule has 2 heterocycles. The van der Waals surface area contributed by atoms with Crippen molar-refractivity contribution in [1.82, 2.24) is 15.0 Å². The fourth-order valence-electron chi connectivity index (χ4n) is 1.48. The van der Waals surface area contributed by atoms with E-state index < -0.39 is 0 Å². The van der Waals surface area contributed by atoms with E-state index in [0.29, 0.717) is 0 Å². The molecule has 0 amide bonds. The fraction of sp³-hybridized carbons (Fsp3) is 0.364. The van der Waals surface area contributed by atoms with Gasteiger partial charge >= 0.3 is 0 Å². The van der Waals surface area contributed by atoms with Crippen LogP contribution in [0.3, 0.4) is 0 Å². The number of hydrogen-bond acceptors (Lipinski definition) is 4. The second-order valence-electron chi connectivity index (χ2n) is 3.19. The van der Waals surface area contributed by atoms with Crippen molar-refractivity contribution < 1.29 is 0 Å². The average molecular weight is 219 g/mol. The molecule has 0 saturated carbocycles. The van der Waals surface area contributed by atoms with Crippen LogP contribution in [-0.4, -0.2) is 15.0 Å². The maximum atomic E-state index is 4.59. The Morgan fingerprint density at radius 2 is 1.93 bits per heavy atom. The van der Waals surface area contributed by atoms with Crippen LogP contribution < -0.4 is 0 Å². The molecule has 0 bridgehead atoms. The zero-order valence-corrected chi connectivity index (χ0v) is 9.71. The van der Waals surface area contributed by atoms with Gasteiger partial charge < -0.3 is 0 Å². The van der Waals surface area contributed by atoms with Crippen LogP contribution in [0.4, 0.5) is 0 Å². The molecule has 0 aliphatic carbocycles. The van der Waals surface area contributed by atoms with Gasteiger partial charge in [-0.15, -0.1) is 11.3 Å². The van der Waals surface area contributed by atoms with Crippen LogP contribution in [0.25, 0.3) is 10.7 Å². The molecular formula is C11H13N3S. The summed E-state index contributed by atoms with van der Waals surface area (Å²) < 4.78 is 0. The molecule has 0 N–H and O–H groups in total. The lowest BCUT2D eigenvalue weighted by Crippen LogP contribution is -2.00. The van der Waals surface area contributed by atoms with Crippen molar-refractivity contribution in [3.63, 3.8) is 0 Å². The zero-order chi connectivity index (χ0) is 10.7. The molecule has 0 radical (unpaired) electrons. The third-order valence-electron chi connectivity index (χ3n) is 2.25. The number of nitrogens with zero attached hydrogens (tertiary/aromatic N) is 3. The van der Waals surface area contributed by atoms with Crippen molar-refractivity contribution in [1.29, 1.82) is 0 Å². The van der Waals surface area contributed by atoms with Crippen molar-refractivity contribution in [2.45, 2.75) is 26.7 Å². The Kier molecular flexibility index (Phi) is 3.06. The SMILES string of the molecule is CCc1ncc(-c2nccs2)nc1CC. The molecule has 0 atom stereocenters. The third kappa shape index (κ3) is 2.04. The van der Waals surface area contributed by atoms with Crippen molar-refractivity contribution in [2.24, 2.45) is 0 Å². The van der Waals surface area contributed by atoms with Gasteiger partial charge in [0, 0.05) is 11.6 Å². The van der Waals surface area contributed by atoms with Crippen LogP contribution in [0.15, 0.2) is 17.8 Å². The summed E-state index contributed by atoms with van der Waals surface area (Å²) in [4.78, 5) is 13.3. The number of hydrogen-bond donors (Lipinski definition) is 0. The van der Waals surface area contributed by atoms with Crippen molar-refractivity contribution in [3.05, 3.63) is 29.2 Å². The van der Waals surface area contributed by atoms with E-state index in [1.54, 1.807) is 17.5 Å². The minimum atomic E-state index is 0.888. The summed E-state index contributed by atoms with van der Waals surface area (Å²) in [5, 5.41) is 2.90. The van der Waals surface area contributed by atoms with Crippen LogP contribution in [0.1, 0.15) is 25.2 Å². The highest BCUT2D eigenvalue weighted by Crippen LogP contribution is 2.20. The van der Waals surface area contributed by atoms with Crippen LogP contribution in [-0.2, 0) is 12.8 Å². The Hall–Kier alpha value is -1.29. The monoisotopic (exact) mass is 219 g/mol. The summed E-state index contributed by atoms with van der Waals surface area (Å²) >= 11 is 1.60. The lowest BCUT2D eigenvalue weighted by Gasteiger charge is -2.04. The van der Waals surface area contributed by atoms with Crippen molar-refractivity contribution in [2.75, 3.05) is 0 Å². The molecule has 15 heavy (non-hydrogen) atoms. The van der Waals surface area contributed by atoms with E-state index in [0.717, 1.165) is 34.9 Å². The van der Waals surface area contributed by atoms with Gasteiger partial charge in [0.1, 0.15) is 10.7 Å². The van der Waals surface area contributed by atoms with Crippen LogP contribution in [0.5, 0.6) is 0 Å². The van der Waals surface area contributed by atoms with Gasteiger partial charge in [-0.05, 0) is 12.8 Å². The minimum Gasteiger partial charge on any atom is -0.257 e. The molecule has 2 aromatic rings. The van der Waals surface area contributed by atoms with Gasteiger partial charge in [0.05, 0.1) is 17.6 Å². The Labute approximate surface area is 93.2 Å². The Bertz CT molecular complexity index is 437.